The normalized spacial score (nSPS) is 24.2. The van der Waals surface area contributed by atoms with E-state index in [1.807, 2.05) is 31.2 Å². The molecule has 4 rings (SSSR count). The van der Waals surface area contributed by atoms with Crippen LogP contribution in [-0.2, 0) is 30.8 Å². The number of amides is 1. The molecule has 0 saturated carbocycles. The number of phosphoric ester groups is 1. The first kappa shape index (κ1) is 27.2. The summed E-state index contributed by atoms with van der Waals surface area (Å²) in [5, 5.41) is 2.96. The number of allylic oxidation sites excluding steroid dienone is 2. The summed E-state index contributed by atoms with van der Waals surface area (Å²) in [4.78, 5) is 35.0. The number of rotatable bonds is 8. The van der Waals surface area contributed by atoms with E-state index in [1.165, 1.54) is 12.1 Å². The third-order valence-electron chi connectivity index (χ3n) is 7.13. The number of carbonyl (C=O) groups excluding carboxylic acids is 1. The van der Waals surface area contributed by atoms with Gasteiger partial charge in [-0.05, 0) is 36.1 Å². The van der Waals surface area contributed by atoms with E-state index in [0.717, 1.165) is 17.6 Å². The Bertz CT molecular complexity index is 1300. The van der Waals surface area contributed by atoms with Gasteiger partial charge < -0.3 is 19.8 Å². The molecule has 2 aromatic rings. The van der Waals surface area contributed by atoms with Gasteiger partial charge in [0.1, 0.15) is 16.9 Å². The summed E-state index contributed by atoms with van der Waals surface area (Å²) in [6.07, 6.45) is 10.1. The second-order valence-corrected chi connectivity index (χ2v) is 10.5. The van der Waals surface area contributed by atoms with Crippen molar-refractivity contribution in [2.24, 2.45) is 0 Å². The van der Waals surface area contributed by atoms with Gasteiger partial charge in [0, 0.05) is 32.1 Å². The molecule has 9 nitrogen and oxygen atoms in total. The van der Waals surface area contributed by atoms with Gasteiger partial charge in [-0.2, -0.15) is 0 Å². The Morgan fingerprint density at radius 2 is 2.03 bits per heavy atom. The molecule has 1 aromatic carbocycles. The van der Waals surface area contributed by atoms with Gasteiger partial charge in [0.2, 0.25) is 19.0 Å². The van der Waals surface area contributed by atoms with Crippen molar-refractivity contribution in [2.45, 2.75) is 50.9 Å². The predicted octanol–water partition coefficient (Wildman–Crippen LogP) is 3.21. The average molecular weight is 533 g/mol. The standard InChI is InChI=1S/C26H31FN3O6P/c1-17(19-9-11-20(27)12-10-19)23(21-7-6-14-28-25(21)31)26(13-5-4-8-22(26)35-3)24-18(2)30(15-29-24)16-36-37(32,33)34/h4-5,8-13,15,17,22H,6-7,14,16H2,1-3H3,(H3,28,31,32,33,34)/p+1/b23-21+/t17-,22?,26?/m0/s1. The van der Waals surface area contributed by atoms with Gasteiger partial charge in [0.15, 0.2) is 5.69 Å². The lowest BCUT2D eigenvalue weighted by atomic mass is 9.63. The monoisotopic (exact) mass is 532 g/mol. The van der Waals surface area contributed by atoms with Crippen LogP contribution in [-0.4, -0.2) is 40.4 Å². The van der Waals surface area contributed by atoms with Crippen LogP contribution in [0, 0.1) is 12.7 Å². The highest BCUT2D eigenvalue weighted by atomic mass is 31.2. The van der Waals surface area contributed by atoms with Crippen LogP contribution in [0.1, 0.15) is 42.6 Å². The van der Waals surface area contributed by atoms with Crippen LogP contribution in [0.15, 0.2) is 66.0 Å². The molecule has 1 fully saturated rings. The smallest absolute Gasteiger partial charge is 0.376 e. The molecule has 1 amide bonds. The molecule has 0 radical (unpaired) electrons. The summed E-state index contributed by atoms with van der Waals surface area (Å²) in [6.45, 7) is 4.00. The highest BCUT2D eigenvalue weighted by Gasteiger charge is 2.51. The maximum atomic E-state index is 13.8. The fourth-order valence-corrected chi connectivity index (χ4v) is 5.67. The quantitative estimate of drug-likeness (QED) is 0.235. The fourth-order valence-electron chi connectivity index (χ4n) is 5.40. The molecule has 1 aromatic heterocycles. The van der Waals surface area contributed by atoms with Crippen molar-refractivity contribution in [3.63, 3.8) is 0 Å². The molecule has 2 aliphatic rings. The number of H-pyrrole nitrogens is 1. The first-order valence-electron chi connectivity index (χ1n) is 12.0. The van der Waals surface area contributed by atoms with Crippen LogP contribution in [0.25, 0.3) is 0 Å². The minimum atomic E-state index is -4.70. The molecule has 0 spiro atoms. The van der Waals surface area contributed by atoms with Crippen molar-refractivity contribution in [1.82, 2.24) is 10.3 Å². The minimum absolute atomic E-state index is 0.158. The van der Waals surface area contributed by atoms with Crippen molar-refractivity contribution in [3.8, 4) is 0 Å². The summed E-state index contributed by atoms with van der Waals surface area (Å²) in [5.74, 6) is -0.818. The lowest BCUT2D eigenvalue weighted by Crippen LogP contribution is -2.47. The molecule has 2 heterocycles. The van der Waals surface area contributed by atoms with Crippen LogP contribution in [0.2, 0.25) is 0 Å². The SMILES string of the molecule is COC1C=CC=CC1(/C(=C1\CCCNC1=O)[C@@H](C)c1ccc(F)cc1)c1[nH]c[n+](COP(=O)(O)O)c1C. The summed E-state index contributed by atoms with van der Waals surface area (Å²) in [5.41, 5.74) is 2.62. The van der Waals surface area contributed by atoms with Gasteiger partial charge in [-0.1, -0.05) is 43.4 Å². The minimum Gasteiger partial charge on any atom is -0.376 e. The highest BCUT2D eigenvalue weighted by molar-refractivity contribution is 7.46. The number of benzene rings is 1. The highest BCUT2D eigenvalue weighted by Crippen LogP contribution is 2.49. The molecular formula is C26H32FN3O6P+. The number of piperidine rings is 1. The van der Waals surface area contributed by atoms with E-state index in [4.69, 9.17) is 9.26 Å². The van der Waals surface area contributed by atoms with E-state index in [-0.39, 0.29) is 24.4 Å². The maximum absolute atomic E-state index is 13.8. The van der Waals surface area contributed by atoms with Crippen LogP contribution in [0.4, 0.5) is 4.39 Å². The zero-order valence-corrected chi connectivity index (χ0v) is 21.9. The number of nitrogens with zero attached hydrogens (tertiary/aromatic N) is 1. The Morgan fingerprint density at radius 3 is 2.68 bits per heavy atom. The van der Waals surface area contributed by atoms with Crippen LogP contribution in [0.3, 0.4) is 0 Å². The van der Waals surface area contributed by atoms with Crippen molar-refractivity contribution < 1.29 is 37.4 Å². The number of methoxy groups -OCH3 is 1. The van der Waals surface area contributed by atoms with Crippen molar-refractivity contribution in [3.05, 3.63) is 88.8 Å². The molecule has 198 valence electrons. The Labute approximate surface area is 214 Å². The van der Waals surface area contributed by atoms with Gasteiger partial charge in [-0.3, -0.25) is 4.79 Å². The van der Waals surface area contributed by atoms with Crippen LogP contribution >= 0.6 is 7.82 Å². The topological polar surface area (TPSA) is 125 Å². The first-order valence-corrected chi connectivity index (χ1v) is 13.6. The van der Waals surface area contributed by atoms with Gasteiger partial charge >= 0.3 is 7.82 Å². The van der Waals surface area contributed by atoms with Crippen molar-refractivity contribution >= 4 is 13.7 Å². The third-order valence-corrected chi connectivity index (χ3v) is 7.58. The Hall–Kier alpha value is -2.88. The first-order chi connectivity index (χ1) is 17.6. The summed E-state index contributed by atoms with van der Waals surface area (Å²) >= 11 is 0. The number of ether oxygens (including phenoxy) is 1. The second kappa shape index (κ2) is 10.8. The van der Waals surface area contributed by atoms with E-state index < -0.39 is 19.3 Å². The number of hydrogen-bond acceptors (Lipinski definition) is 4. The van der Waals surface area contributed by atoms with E-state index in [9.17, 15) is 23.5 Å². The van der Waals surface area contributed by atoms with E-state index >= 15 is 0 Å². The molecule has 0 bridgehead atoms. The molecule has 1 aliphatic heterocycles. The lowest BCUT2D eigenvalue weighted by molar-refractivity contribution is -0.729. The third kappa shape index (κ3) is 5.39. The molecule has 11 heteroatoms. The molecule has 2 unspecified atom stereocenters. The molecule has 1 aliphatic carbocycles. The molecular weight excluding hydrogens is 500 g/mol. The number of carbonyl (C=O) groups is 1. The number of imidazole rings is 1. The molecule has 1 saturated heterocycles. The van der Waals surface area contributed by atoms with Crippen LogP contribution < -0.4 is 9.88 Å². The number of aromatic amines is 1. The van der Waals surface area contributed by atoms with E-state index in [1.54, 1.807) is 37.1 Å². The summed E-state index contributed by atoms with van der Waals surface area (Å²) in [6, 6.07) is 6.24. The predicted molar refractivity (Wildman–Crippen MR) is 134 cm³/mol. The number of hydrogen-bond donors (Lipinski definition) is 4. The van der Waals surface area contributed by atoms with Gasteiger partial charge in [0.05, 0.1) is 6.10 Å². The number of nitrogens with one attached hydrogen (secondary N) is 2. The zero-order valence-electron chi connectivity index (χ0n) is 21.0. The molecule has 4 N–H and O–H groups in total. The van der Waals surface area contributed by atoms with E-state index in [0.29, 0.717) is 29.9 Å². The Kier molecular flexibility index (Phi) is 7.96. The summed E-state index contributed by atoms with van der Waals surface area (Å²) < 4.78 is 37.4. The lowest BCUT2D eigenvalue weighted by Gasteiger charge is -2.42. The van der Waals surface area contributed by atoms with Gasteiger partial charge in [-0.25, -0.2) is 23.0 Å². The maximum Gasteiger partial charge on any atom is 0.472 e. The largest absolute Gasteiger partial charge is 0.472 e. The number of phosphoric acid groups is 1. The number of aromatic nitrogens is 2. The average Bonchev–Trinajstić information content (AvgIpc) is 3.24. The van der Waals surface area contributed by atoms with Crippen molar-refractivity contribution in [2.75, 3.05) is 13.7 Å². The van der Waals surface area contributed by atoms with Gasteiger partial charge in [-0.15, -0.1) is 0 Å². The molecule has 37 heavy (non-hydrogen) atoms. The fraction of sp³-hybridized carbons (Fsp3) is 0.385. The van der Waals surface area contributed by atoms with Gasteiger partial charge in [0.25, 0.3) is 0 Å². The number of halogens is 1. The summed E-state index contributed by atoms with van der Waals surface area (Å²) in [7, 11) is -3.10. The zero-order chi connectivity index (χ0) is 26.8. The van der Waals surface area contributed by atoms with Crippen molar-refractivity contribution in [1.29, 1.82) is 0 Å². The van der Waals surface area contributed by atoms with Crippen LogP contribution in [0.5, 0.6) is 0 Å². The molecule has 3 atom stereocenters. The second-order valence-electron chi connectivity index (χ2n) is 9.25. The Balaban J connectivity index is 1.97. The van der Waals surface area contributed by atoms with E-state index in [2.05, 4.69) is 10.3 Å². The Morgan fingerprint density at radius 1 is 1.30 bits per heavy atom.